The topological polar surface area (TPSA) is 119 Å². The Morgan fingerprint density at radius 2 is 1.81 bits per heavy atom. The van der Waals surface area contributed by atoms with Crippen LogP contribution in [0.3, 0.4) is 0 Å². The third kappa shape index (κ3) is 2.65. The van der Waals surface area contributed by atoms with Crippen molar-refractivity contribution in [2.45, 2.75) is 18.4 Å². The number of hydrogen-bond acceptors (Lipinski definition) is 9. The van der Waals surface area contributed by atoms with Gasteiger partial charge in [0.15, 0.2) is 34.9 Å². The number of thiophene rings is 2. The number of nitrogens with zero attached hydrogens (tertiary/aromatic N) is 4. The maximum absolute atomic E-state index is 10.4. The molecule has 1 saturated heterocycles. The first-order valence-corrected chi connectivity index (χ1v) is 10.0. The Balaban J connectivity index is 1.79. The number of fused-ring (bicyclic) bond motifs is 1. The minimum absolute atomic E-state index is 0.0355. The van der Waals surface area contributed by atoms with Crippen LogP contribution in [-0.2, 0) is 4.74 Å². The standard InChI is InChI=1S/C17H15N5O3S2/c18-13-11-16(21-14(20-13)9-3-1-5-26-9)22(17-12(24)8(23)7-25-17)15(19-11)10-4-2-6-27-10/h1-6,8,12,17,23-24H,7H2,(H2,18,20,21)/t8-,12-,17-/m1/s1. The first-order valence-electron chi connectivity index (χ1n) is 8.24. The maximum atomic E-state index is 10.4. The van der Waals surface area contributed by atoms with Crippen LogP contribution in [-0.4, -0.2) is 48.5 Å². The lowest BCUT2D eigenvalue weighted by Gasteiger charge is -2.19. The largest absolute Gasteiger partial charge is 0.388 e. The van der Waals surface area contributed by atoms with Gasteiger partial charge in [-0.25, -0.2) is 15.0 Å². The molecule has 5 heterocycles. The van der Waals surface area contributed by atoms with Crippen LogP contribution < -0.4 is 5.73 Å². The van der Waals surface area contributed by atoms with Crippen molar-refractivity contribution < 1.29 is 14.9 Å². The zero-order chi connectivity index (χ0) is 18.5. The summed E-state index contributed by atoms with van der Waals surface area (Å²) in [6, 6.07) is 7.66. The van der Waals surface area contributed by atoms with E-state index in [0.717, 1.165) is 9.75 Å². The van der Waals surface area contributed by atoms with Gasteiger partial charge in [-0.05, 0) is 22.9 Å². The highest BCUT2D eigenvalue weighted by molar-refractivity contribution is 7.13. The molecule has 0 radical (unpaired) electrons. The molecule has 27 heavy (non-hydrogen) atoms. The molecular formula is C17H15N5O3S2. The molecule has 4 N–H and O–H groups in total. The lowest BCUT2D eigenvalue weighted by Crippen LogP contribution is -2.28. The average Bonchev–Trinajstić information content (AvgIpc) is 3.42. The van der Waals surface area contributed by atoms with E-state index in [2.05, 4.69) is 15.0 Å². The van der Waals surface area contributed by atoms with Gasteiger partial charge in [-0.1, -0.05) is 12.1 Å². The van der Waals surface area contributed by atoms with Crippen molar-refractivity contribution in [3.63, 3.8) is 0 Å². The van der Waals surface area contributed by atoms with Crippen LogP contribution in [0.1, 0.15) is 6.23 Å². The molecule has 0 spiro atoms. The van der Waals surface area contributed by atoms with E-state index >= 15 is 0 Å². The SMILES string of the molecule is Nc1nc(-c2cccs2)nc2c1nc(-c1cccs1)n2[C@@H]1OC[C@@H](O)[C@H]1O. The van der Waals surface area contributed by atoms with Crippen molar-refractivity contribution in [1.29, 1.82) is 0 Å². The second-order valence-electron chi connectivity index (χ2n) is 6.15. The molecule has 0 aliphatic carbocycles. The van der Waals surface area contributed by atoms with Gasteiger partial charge < -0.3 is 20.7 Å². The van der Waals surface area contributed by atoms with Gasteiger partial charge in [0.1, 0.15) is 12.2 Å². The Labute approximate surface area is 161 Å². The first-order chi connectivity index (χ1) is 13.1. The fourth-order valence-electron chi connectivity index (χ4n) is 3.14. The Bertz CT molecular complexity index is 1090. The molecule has 4 aromatic rings. The smallest absolute Gasteiger partial charge is 0.173 e. The number of nitrogen functional groups attached to an aromatic ring is 1. The van der Waals surface area contributed by atoms with Gasteiger partial charge in [0.2, 0.25) is 0 Å². The summed E-state index contributed by atoms with van der Waals surface area (Å²) in [7, 11) is 0. The van der Waals surface area contributed by atoms with E-state index in [-0.39, 0.29) is 12.4 Å². The lowest BCUT2D eigenvalue weighted by atomic mass is 10.2. The average molecular weight is 401 g/mol. The van der Waals surface area contributed by atoms with Gasteiger partial charge in [0, 0.05) is 0 Å². The summed E-state index contributed by atoms with van der Waals surface area (Å²) in [6.07, 6.45) is -2.88. The van der Waals surface area contributed by atoms with E-state index in [0.29, 0.717) is 22.8 Å². The highest BCUT2D eigenvalue weighted by atomic mass is 32.1. The molecule has 10 heteroatoms. The van der Waals surface area contributed by atoms with Crippen LogP contribution in [0, 0.1) is 0 Å². The highest BCUT2D eigenvalue weighted by Crippen LogP contribution is 2.37. The van der Waals surface area contributed by atoms with Gasteiger partial charge in [-0.15, -0.1) is 22.7 Å². The van der Waals surface area contributed by atoms with Gasteiger partial charge in [0.05, 0.1) is 16.4 Å². The summed E-state index contributed by atoms with van der Waals surface area (Å²) >= 11 is 3.01. The van der Waals surface area contributed by atoms with Gasteiger partial charge in [-0.3, -0.25) is 4.57 Å². The molecule has 0 unspecified atom stereocenters. The van der Waals surface area contributed by atoms with Crippen molar-refractivity contribution in [3.8, 4) is 21.4 Å². The third-order valence-corrected chi connectivity index (χ3v) is 6.16. The summed E-state index contributed by atoms with van der Waals surface area (Å²) < 4.78 is 7.37. The van der Waals surface area contributed by atoms with Crippen LogP contribution >= 0.6 is 22.7 Å². The number of anilines is 1. The van der Waals surface area contributed by atoms with Crippen molar-refractivity contribution in [1.82, 2.24) is 19.5 Å². The zero-order valence-corrected chi connectivity index (χ0v) is 15.5. The monoisotopic (exact) mass is 401 g/mol. The van der Waals surface area contributed by atoms with E-state index in [1.165, 1.54) is 22.7 Å². The third-order valence-electron chi connectivity index (χ3n) is 4.43. The van der Waals surface area contributed by atoms with Crippen molar-refractivity contribution in [2.75, 3.05) is 12.3 Å². The van der Waals surface area contributed by atoms with Crippen molar-refractivity contribution in [2.24, 2.45) is 0 Å². The summed E-state index contributed by atoms with van der Waals surface area (Å²) in [6.45, 7) is 0.0355. The Morgan fingerprint density at radius 1 is 1.07 bits per heavy atom. The normalized spacial score (nSPS) is 22.7. The molecule has 5 rings (SSSR count). The van der Waals surface area contributed by atoms with E-state index < -0.39 is 18.4 Å². The maximum Gasteiger partial charge on any atom is 0.173 e. The predicted octanol–water partition coefficient (Wildman–Crippen LogP) is 2.12. The van der Waals surface area contributed by atoms with E-state index in [4.69, 9.17) is 10.5 Å². The Morgan fingerprint density at radius 3 is 2.44 bits per heavy atom. The molecule has 3 atom stereocenters. The molecule has 0 amide bonds. The fraction of sp³-hybridized carbons (Fsp3) is 0.235. The number of imidazole rings is 1. The number of hydrogen-bond donors (Lipinski definition) is 3. The zero-order valence-electron chi connectivity index (χ0n) is 13.9. The summed E-state index contributed by atoms with van der Waals surface area (Å²) in [5.41, 5.74) is 7.09. The summed E-state index contributed by atoms with van der Waals surface area (Å²) in [5, 5.41) is 24.3. The molecule has 1 aliphatic rings. The van der Waals surface area contributed by atoms with Crippen LogP contribution in [0.2, 0.25) is 0 Å². The molecule has 1 aliphatic heterocycles. The van der Waals surface area contributed by atoms with E-state index in [1.54, 1.807) is 4.57 Å². The van der Waals surface area contributed by atoms with Gasteiger partial charge >= 0.3 is 0 Å². The van der Waals surface area contributed by atoms with Crippen LogP contribution in [0.5, 0.6) is 0 Å². The summed E-state index contributed by atoms with van der Waals surface area (Å²) in [4.78, 5) is 15.4. The quantitative estimate of drug-likeness (QED) is 0.481. The Kier molecular flexibility index (Phi) is 3.95. The molecule has 1 fully saturated rings. The van der Waals surface area contributed by atoms with E-state index in [9.17, 15) is 10.2 Å². The summed E-state index contributed by atoms with van der Waals surface area (Å²) in [5.74, 6) is 1.32. The second-order valence-corrected chi connectivity index (χ2v) is 8.04. The fourth-order valence-corrected chi connectivity index (χ4v) is 4.51. The minimum Gasteiger partial charge on any atom is -0.388 e. The predicted molar refractivity (Wildman–Crippen MR) is 103 cm³/mol. The van der Waals surface area contributed by atoms with Gasteiger partial charge in [0.25, 0.3) is 0 Å². The molecule has 0 bridgehead atoms. The molecule has 4 aromatic heterocycles. The number of nitrogens with two attached hydrogens (primary N) is 1. The van der Waals surface area contributed by atoms with Crippen LogP contribution in [0.15, 0.2) is 35.0 Å². The number of aliphatic hydroxyl groups excluding tert-OH is 2. The first kappa shape index (κ1) is 16.8. The number of rotatable bonds is 3. The minimum atomic E-state index is -1.09. The van der Waals surface area contributed by atoms with Gasteiger partial charge in [-0.2, -0.15) is 0 Å². The Hall–Kier alpha value is -2.37. The van der Waals surface area contributed by atoms with Crippen molar-refractivity contribution >= 4 is 39.7 Å². The highest BCUT2D eigenvalue weighted by Gasteiger charge is 2.39. The molecule has 138 valence electrons. The lowest BCUT2D eigenvalue weighted by molar-refractivity contribution is -0.0152. The molecule has 8 nitrogen and oxygen atoms in total. The molecule has 0 aromatic carbocycles. The second kappa shape index (κ2) is 6.36. The van der Waals surface area contributed by atoms with E-state index in [1.807, 2.05) is 35.0 Å². The number of ether oxygens (including phenoxy) is 1. The van der Waals surface area contributed by atoms with Crippen LogP contribution in [0.4, 0.5) is 5.82 Å². The number of aromatic nitrogens is 4. The number of aliphatic hydroxyl groups is 2. The van der Waals surface area contributed by atoms with Crippen molar-refractivity contribution in [3.05, 3.63) is 35.0 Å². The van der Waals surface area contributed by atoms with Crippen LogP contribution in [0.25, 0.3) is 32.6 Å². The molecular weight excluding hydrogens is 386 g/mol. The molecule has 0 saturated carbocycles.